The van der Waals surface area contributed by atoms with Crippen LogP contribution < -0.4 is 0 Å². The maximum Gasteiger partial charge on any atom is 0.278 e. The lowest BCUT2D eigenvalue weighted by Crippen LogP contribution is -1.93. The fourth-order valence-corrected chi connectivity index (χ4v) is 2.94. The van der Waals surface area contributed by atoms with Crippen LogP contribution >= 0.6 is 15.9 Å². The second-order valence-corrected chi connectivity index (χ2v) is 5.27. The van der Waals surface area contributed by atoms with Crippen LogP contribution in [0.4, 0.5) is 5.69 Å². The molecule has 0 atom stereocenters. The molecule has 3 aromatic carbocycles. The van der Waals surface area contributed by atoms with Gasteiger partial charge in [-0.15, -0.1) is 0 Å². The minimum absolute atomic E-state index is 0.107. The van der Waals surface area contributed by atoms with Gasteiger partial charge in [0.15, 0.2) is 0 Å². The van der Waals surface area contributed by atoms with Crippen LogP contribution in [0.15, 0.2) is 65.1 Å². The van der Waals surface area contributed by atoms with Crippen molar-refractivity contribution in [3.05, 3.63) is 75.3 Å². The van der Waals surface area contributed by atoms with E-state index in [4.69, 9.17) is 0 Å². The number of fused-ring (bicyclic) bond motifs is 1. The second kappa shape index (κ2) is 5.06. The first-order chi connectivity index (χ1) is 9.68. The average Bonchev–Trinajstić information content (AvgIpc) is 2.46. The minimum Gasteiger partial charge on any atom is -0.258 e. The third-order valence-corrected chi connectivity index (χ3v) is 3.91. The molecule has 98 valence electrons. The molecule has 0 fully saturated rings. The summed E-state index contributed by atoms with van der Waals surface area (Å²) < 4.78 is 0.725. The number of hydrogen-bond acceptors (Lipinski definition) is 2. The predicted molar refractivity (Wildman–Crippen MR) is 83.7 cm³/mol. The van der Waals surface area contributed by atoms with Crippen molar-refractivity contribution >= 4 is 32.4 Å². The summed E-state index contributed by atoms with van der Waals surface area (Å²) in [6.45, 7) is 0. The van der Waals surface area contributed by atoms with E-state index < -0.39 is 0 Å². The number of rotatable bonds is 2. The number of benzene rings is 3. The van der Waals surface area contributed by atoms with Crippen LogP contribution in [0.25, 0.3) is 21.9 Å². The summed E-state index contributed by atoms with van der Waals surface area (Å²) in [6, 6.07) is 18.7. The maximum atomic E-state index is 11.3. The van der Waals surface area contributed by atoms with Gasteiger partial charge in [0, 0.05) is 10.5 Å². The molecule has 0 saturated carbocycles. The van der Waals surface area contributed by atoms with E-state index in [0.29, 0.717) is 5.56 Å². The summed E-state index contributed by atoms with van der Waals surface area (Å²) in [6.07, 6.45) is 0. The van der Waals surface area contributed by atoms with Gasteiger partial charge >= 0.3 is 0 Å². The van der Waals surface area contributed by atoms with Crippen LogP contribution in [0.1, 0.15) is 0 Å². The molecule has 0 aromatic heterocycles. The molecule has 4 heteroatoms. The van der Waals surface area contributed by atoms with Gasteiger partial charge < -0.3 is 0 Å². The molecular weight excluding hydrogens is 318 g/mol. The lowest BCUT2D eigenvalue weighted by Gasteiger charge is -2.09. The summed E-state index contributed by atoms with van der Waals surface area (Å²) in [5.74, 6) is 0. The summed E-state index contributed by atoms with van der Waals surface area (Å²) in [7, 11) is 0. The zero-order valence-electron chi connectivity index (χ0n) is 10.4. The molecule has 0 unspecified atom stereocenters. The molecule has 0 aliphatic heterocycles. The highest BCUT2D eigenvalue weighted by Crippen LogP contribution is 2.39. The molecular formula is C16H10BrNO2. The third-order valence-electron chi connectivity index (χ3n) is 3.25. The molecule has 3 aromatic rings. The summed E-state index contributed by atoms with van der Waals surface area (Å²) in [5.41, 5.74) is 1.59. The molecule has 3 nitrogen and oxygen atoms in total. The van der Waals surface area contributed by atoms with E-state index in [9.17, 15) is 10.1 Å². The van der Waals surface area contributed by atoms with Gasteiger partial charge in [0.1, 0.15) is 0 Å². The van der Waals surface area contributed by atoms with Crippen molar-refractivity contribution in [2.45, 2.75) is 0 Å². The molecule has 0 heterocycles. The molecule has 20 heavy (non-hydrogen) atoms. The Morgan fingerprint density at radius 2 is 1.60 bits per heavy atom. The van der Waals surface area contributed by atoms with Crippen LogP contribution in [0, 0.1) is 10.1 Å². The highest BCUT2D eigenvalue weighted by molar-refractivity contribution is 9.10. The van der Waals surface area contributed by atoms with Crippen molar-refractivity contribution in [3.63, 3.8) is 0 Å². The van der Waals surface area contributed by atoms with Gasteiger partial charge in [0.25, 0.3) is 5.69 Å². The van der Waals surface area contributed by atoms with Crippen LogP contribution in [0.3, 0.4) is 0 Å². The molecule has 0 aliphatic rings. The Bertz CT molecular complexity index is 809. The van der Waals surface area contributed by atoms with Gasteiger partial charge in [-0.25, -0.2) is 0 Å². The van der Waals surface area contributed by atoms with Crippen molar-refractivity contribution < 1.29 is 4.92 Å². The zero-order chi connectivity index (χ0) is 14.1. The van der Waals surface area contributed by atoms with Crippen LogP contribution in [0.2, 0.25) is 0 Å². The minimum atomic E-state index is -0.345. The van der Waals surface area contributed by atoms with E-state index in [-0.39, 0.29) is 10.6 Å². The maximum absolute atomic E-state index is 11.3. The number of hydrogen-bond donors (Lipinski definition) is 0. The lowest BCUT2D eigenvalue weighted by molar-refractivity contribution is -0.384. The fourth-order valence-electron chi connectivity index (χ4n) is 2.37. The van der Waals surface area contributed by atoms with Crippen LogP contribution in [-0.4, -0.2) is 4.92 Å². The summed E-state index contributed by atoms with van der Waals surface area (Å²) in [4.78, 5) is 10.9. The Labute approximate surface area is 124 Å². The van der Waals surface area contributed by atoms with E-state index >= 15 is 0 Å². The highest BCUT2D eigenvalue weighted by atomic mass is 79.9. The van der Waals surface area contributed by atoms with Gasteiger partial charge in [-0.2, -0.15) is 0 Å². The van der Waals surface area contributed by atoms with Gasteiger partial charge in [0.2, 0.25) is 0 Å². The largest absolute Gasteiger partial charge is 0.278 e. The molecule has 0 spiro atoms. The SMILES string of the molecule is O=[N+]([O-])c1cccc(Br)c1-c1cccc2ccccc12. The fraction of sp³-hybridized carbons (Fsp3) is 0. The zero-order valence-corrected chi connectivity index (χ0v) is 12.0. The summed E-state index contributed by atoms with van der Waals surface area (Å²) >= 11 is 3.43. The summed E-state index contributed by atoms with van der Waals surface area (Å²) in [5, 5.41) is 13.3. The standard InChI is InChI=1S/C16H10BrNO2/c17-14-9-4-10-15(18(19)20)16(14)13-8-3-6-11-5-1-2-7-12(11)13/h1-10H. The van der Waals surface area contributed by atoms with Crippen molar-refractivity contribution in [3.8, 4) is 11.1 Å². The van der Waals surface area contributed by atoms with Gasteiger partial charge in [0.05, 0.1) is 10.5 Å². The Morgan fingerprint density at radius 3 is 2.40 bits per heavy atom. The lowest BCUT2D eigenvalue weighted by atomic mass is 9.97. The first-order valence-electron chi connectivity index (χ1n) is 6.09. The predicted octanol–water partition coefficient (Wildman–Crippen LogP) is 5.18. The van der Waals surface area contributed by atoms with Crippen molar-refractivity contribution in [2.24, 2.45) is 0 Å². The second-order valence-electron chi connectivity index (χ2n) is 4.42. The Kier molecular flexibility index (Phi) is 3.24. The van der Waals surface area contributed by atoms with E-state index in [1.54, 1.807) is 6.07 Å². The van der Waals surface area contributed by atoms with E-state index in [2.05, 4.69) is 15.9 Å². The molecule has 0 amide bonds. The van der Waals surface area contributed by atoms with E-state index in [1.807, 2.05) is 48.5 Å². The molecule has 3 rings (SSSR count). The van der Waals surface area contributed by atoms with Crippen molar-refractivity contribution in [1.82, 2.24) is 0 Å². The molecule has 0 bridgehead atoms. The van der Waals surface area contributed by atoms with E-state index in [1.165, 1.54) is 6.07 Å². The van der Waals surface area contributed by atoms with Gasteiger partial charge in [-0.3, -0.25) is 10.1 Å². The number of nitro benzene ring substituents is 1. The smallest absolute Gasteiger partial charge is 0.258 e. The molecule has 0 saturated heterocycles. The Hall–Kier alpha value is -2.20. The Morgan fingerprint density at radius 1 is 0.900 bits per heavy atom. The Balaban J connectivity index is 2.40. The van der Waals surface area contributed by atoms with Crippen LogP contribution in [-0.2, 0) is 0 Å². The third kappa shape index (κ3) is 2.08. The van der Waals surface area contributed by atoms with Gasteiger partial charge in [-0.1, -0.05) is 48.5 Å². The van der Waals surface area contributed by atoms with Crippen molar-refractivity contribution in [1.29, 1.82) is 0 Å². The topological polar surface area (TPSA) is 43.1 Å². The first kappa shape index (κ1) is 12.8. The first-order valence-corrected chi connectivity index (χ1v) is 6.89. The van der Waals surface area contributed by atoms with Crippen molar-refractivity contribution in [2.75, 3.05) is 0 Å². The normalized spacial score (nSPS) is 10.7. The molecule has 0 N–H and O–H groups in total. The van der Waals surface area contributed by atoms with E-state index in [0.717, 1.165) is 20.8 Å². The van der Waals surface area contributed by atoms with Crippen LogP contribution in [0.5, 0.6) is 0 Å². The number of nitrogens with zero attached hydrogens (tertiary/aromatic N) is 1. The molecule has 0 aliphatic carbocycles. The monoisotopic (exact) mass is 327 g/mol. The van der Waals surface area contributed by atoms with Gasteiger partial charge in [-0.05, 0) is 38.3 Å². The molecule has 0 radical (unpaired) electrons. The highest BCUT2D eigenvalue weighted by Gasteiger charge is 2.19. The quantitative estimate of drug-likeness (QED) is 0.481. The average molecular weight is 328 g/mol. The number of nitro groups is 1. The number of halogens is 1.